The van der Waals surface area contributed by atoms with E-state index in [2.05, 4.69) is 46.3 Å². The van der Waals surface area contributed by atoms with Gasteiger partial charge < -0.3 is 4.90 Å². The van der Waals surface area contributed by atoms with Crippen molar-refractivity contribution in [3.8, 4) is 0 Å². The Kier molecular flexibility index (Phi) is 5.05. The number of aryl methyl sites for hydroxylation is 1. The highest BCUT2D eigenvalue weighted by Gasteiger charge is 2.21. The molecule has 3 rings (SSSR count). The number of carbonyl (C=O) groups is 1. The van der Waals surface area contributed by atoms with Gasteiger partial charge in [-0.05, 0) is 25.0 Å². The average molecular weight is 326 g/mol. The summed E-state index contributed by atoms with van der Waals surface area (Å²) in [5.41, 5.74) is 2.55. The number of amides is 1. The van der Waals surface area contributed by atoms with Gasteiger partial charge in [0.05, 0.1) is 0 Å². The predicted molar refractivity (Wildman–Crippen MR) is 91.8 cm³/mol. The molecule has 0 spiro atoms. The zero-order valence-corrected chi connectivity index (χ0v) is 13.9. The van der Waals surface area contributed by atoms with Crippen LogP contribution in [0.3, 0.4) is 0 Å². The summed E-state index contributed by atoms with van der Waals surface area (Å²) >= 11 is 0. The van der Waals surface area contributed by atoms with Crippen LogP contribution in [-0.2, 0) is 6.54 Å². The minimum atomic E-state index is -0.299. The summed E-state index contributed by atoms with van der Waals surface area (Å²) in [7, 11) is 0. The lowest BCUT2D eigenvalue weighted by Gasteiger charge is -2.21. The number of nitrogens with zero attached hydrogens (tertiary/aromatic N) is 3. The number of rotatable bonds is 3. The lowest BCUT2D eigenvalue weighted by Crippen LogP contribution is -2.36. The molecule has 2 heterocycles. The largest absolute Gasteiger partial charge is 0.336 e. The normalized spacial score (nSPS) is 16.0. The van der Waals surface area contributed by atoms with E-state index in [1.165, 1.54) is 23.3 Å². The number of carbonyl (C=O) groups excluding carboxylic acids is 1. The van der Waals surface area contributed by atoms with Gasteiger partial charge in [0.1, 0.15) is 5.69 Å². The van der Waals surface area contributed by atoms with Gasteiger partial charge in [-0.3, -0.25) is 14.5 Å². The van der Waals surface area contributed by atoms with Crippen molar-refractivity contribution in [1.82, 2.24) is 20.0 Å². The number of aromatic amines is 1. The first-order valence-electron chi connectivity index (χ1n) is 8.25. The molecule has 126 valence electrons. The van der Waals surface area contributed by atoms with E-state index in [9.17, 15) is 9.59 Å². The van der Waals surface area contributed by atoms with Crippen LogP contribution in [0.4, 0.5) is 0 Å². The van der Waals surface area contributed by atoms with Gasteiger partial charge in [0, 0.05) is 38.8 Å². The number of hydrogen-bond donors (Lipinski definition) is 1. The van der Waals surface area contributed by atoms with Crippen LogP contribution in [0.5, 0.6) is 0 Å². The third kappa shape index (κ3) is 4.08. The molecule has 2 aromatic rings. The quantitative estimate of drug-likeness (QED) is 0.926. The van der Waals surface area contributed by atoms with Gasteiger partial charge in [0.25, 0.3) is 11.5 Å². The molecule has 0 unspecified atom stereocenters. The van der Waals surface area contributed by atoms with E-state index < -0.39 is 0 Å². The second kappa shape index (κ2) is 7.40. The maximum absolute atomic E-state index is 12.5. The fraction of sp³-hybridized carbons (Fsp3) is 0.389. The molecule has 1 N–H and O–H groups in total. The van der Waals surface area contributed by atoms with Crippen LogP contribution in [0.1, 0.15) is 28.0 Å². The number of benzene rings is 1. The average Bonchev–Trinajstić information content (AvgIpc) is 2.83. The highest BCUT2D eigenvalue weighted by atomic mass is 16.2. The SMILES string of the molecule is Cc1ccc(CN2CCCN(C(=O)c3ccc(=O)[nH]n3)CC2)cc1. The van der Waals surface area contributed by atoms with Crippen molar-refractivity contribution in [2.75, 3.05) is 26.2 Å². The third-order valence-electron chi connectivity index (χ3n) is 4.30. The van der Waals surface area contributed by atoms with Crippen molar-refractivity contribution in [3.63, 3.8) is 0 Å². The van der Waals surface area contributed by atoms with Crippen molar-refractivity contribution in [3.05, 3.63) is 63.6 Å². The Morgan fingerprint density at radius 2 is 1.88 bits per heavy atom. The fourth-order valence-corrected chi connectivity index (χ4v) is 2.91. The molecule has 1 saturated heterocycles. The molecule has 0 saturated carbocycles. The highest BCUT2D eigenvalue weighted by Crippen LogP contribution is 2.11. The summed E-state index contributed by atoms with van der Waals surface area (Å²) in [6.07, 6.45) is 0.932. The number of hydrogen-bond acceptors (Lipinski definition) is 4. The molecular formula is C18H22N4O2. The molecule has 0 aliphatic carbocycles. The van der Waals surface area contributed by atoms with Crippen LogP contribution in [0.25, 0.3) is 0 Å². The highest BCUT2D eigenvalue weighted by molar-refractivity contribution is 5.92. The molecule has 1 amide bonds. The maximum Gasteiger partial charge on any atom is 0.274 e. The van der Waals surface area contributed by atoms with Crippen LogP contribution in [0, 0.1) is 6.92 Å². The van der Waals surface area contributed by atoms with E-state index in [4.69, 9.17) is 0 Å². The Bertz CT molecular complexity index is 734. The summed E-state index contributed by atoms with van der Waals surface area (Å²) in [5, 5.41) is 6.15. The summed E-state index contributed by atoms with van der Waals surface area (Å²) in [4.78, 5) is 27.7. The Morgan fingerprint density at radius 1 is 1.08 bits per heavy atom. The van der Waals surface area contributed by atoms with Crippen LogP contribution in [-0.4, -0.2) is 52.1 Å². The molecule has 6 heteroatoms. The molecular weight excluding hydrogens is 304 g/mol. The number of nitrogens with one attached hydrogen (secondary N) is 1. The molecule has 6 nitrogen and oxygen atoms in total. The van der Waals surface area contributed by atoms with Gasteiger partial charge in [-0.2, -0.15) is 5.10 Å². The first kappa shape index (κ1) is 16.4. The maximum atomic E-state index is 12.5. The van der Waals surface area contributed by atoms with E-state index in [0.717, 1.165) is 26.1 Å². The van der Waals surface area contributed by atoms with Crippen molar-refractivity contribution in [2.45, 2.75) is 19.9 Å². The van der Waals surface area contributed by atoms with E-state index in [-0.39, 0.29) is 11.5 Å². The molecule has 1 aliphatic heterocycles. The van der Waals surface area contributed by atoms with Crippen LogP contribution in [0.2, 0.25) is 0 Å². The fourth-order valence-electron chi connectivity index (χ4n) is 2.91. The van der Waals surface area contributed by atoms with E-state index in [0.29, 0.717) is 18.8 Å². The number of aromatic nitrogens is 2. The molecule has 1 aromatic carbocycles. The lowest BCUT2D eigenvalue weighted by molar-refractivity contribution is 0.0754. The van der Waals surface area contributed by atoms with Gasteiger partial charge in [0.15, 0.2) is 0 Å². The van der Waals surface area contributed by atoms with Gasteiger partial charge in [-0.25, -0.2) is 5.10 Å². The van der Waals surface area contributed by atoms with Gasteiger partial charge in [-0.1, -0.05) is 29.8 Å². The molecule has 24 heavy (non-hydrogen) atoms. The van der Waals surface area contributed by atoms with Gasteiger partial charge in [0.2, 0.25) is 0 Å². The Morgan fingerprint density at radius 3 is 2.58 bits per heavy atom. The van der Waals surface area contributed by atoms with Crippen LogP contribution >= 0.6 is 0 Å². The Labute approximate surface area is 141 Å². The van der Waals surface area contributed by atoms with Crippen molar-refractivity contribution < 1.29 is 4.79 Å². The molecule has 1 fully saturated rings. The zero-order valence-electron chi connectivity index (χ0n) is 13.9. The Balaban J connectivity index is 1.60. The topological polar surface area (TPSA) is 69.3 Å². The van der Waals surface area contributed by atoms with Gasteiger partial charge >= 0.3 is 0 Å². The van der Waals surface area contributed by atoms with Crippen molar-refractivity contribution in [1.29, 1.82) is 0 Å². The Hall–Kier alpha value is -2.47. The lowest BCUT2D eigenvalue weighted by atomic mass is 10.1. The van der Waals surface area contributed by atoms with Crippen LogP contribution in [0.15, 0.2) is 41.2 Å². The monoisotopic (exact) mass is 326 g/mol. The molecule has 1 aromatic heterocycles. The minimum absolute atomic E-state index is 0.122. The van der Waals surface area contributed by atoms with Crippen LogP contribution < -0.4 is 5.56 Å². The third-order valence-corrected chi connectivity index (χ3v) is 4.30. The standard InChI is InChI=1S/C18H22N4O2/c1-14-3-5-15(6-4-14)13-21-9-2-10-22(12-11-21)18(24)16-7-8-17(23)20-19-16/h3-8H,2,9-13H2,1H3,(H,20,23). The molecule has 0 radical (unpaired) electrons. The van der Waals surface area contributed by atoms with E-state index in [1.54, 1.807) is 0 Å². The second-order valence-corrected chi connectivity index (χ2v) is 6.21. The minimum Gasteiger partial charge on any atom is -0.336 e. The second-order valence-electron chi connectivity index (χ2n) is 6.21. The summed E-state index contributed by atoms with van der Waals surface area (Å²) < 4.78 is 0. The van der Waals surface area contributed by atoms with E-state index >= 15 is 0 Å². The molecule has 1 aliphatic rings. The summed E-state index contributed by atoms with van der Waals surface area (Å²) in [6, 6.07) is 11.4. The zero-order chi connectivity index (χ0) is 16.9. The first-order valence-corrected chi connectivity index (χ1v) is 8.25. The first-order chi connectivity index (χ1) is 11.6. The van der Waals surface area contributed by atoms with E-state index in [1.807, 2.05) is 4.90 Å². The number of H-pyrrole nitrogens is 1. The molecule has 0 bridgehead atoms. The smallest absolute Gasteiger partial charge is 0.274 e. The van der Waals surface area contributed by atoms with Crippen molar-refractivity contribution in [2.24, 2.45) is 0 Å². The van der Waals surface area contributed by atoms with Gasteiger partial charge in [-0.15, -0.1) is 0 Å². The van der Waals surface area contributed by atoms with Crippen molar-refractivity contribution >= 4 is 5.91 Å². The summed E-state index contributed by atoms with van der Waals surface area (Å²) in [6.45, 7) is 6.18. The summed E-state index contributed by atoms with van der Waals surface area (Å²) in [5.74, 6) is -0.122. The predicted octanol–water partition coefficient (Wildman–Crippen LogP) is 1.43. The molecule has 0 atom stereocenters.